The second-order valence-electron chi connectivity index (χ2n) is 7.46. The Labute approximate surface area is 199 Å². The molecular weight excluding hydrogens is 463 g/mol. The van der Waals surface area contributed by atoms with Crippen molar-refractivity contribution in [3.8, 4) is 5.75 Å². The van der Waals surface area contributed by atoms with E-state index in [4.69, 9.17) is 9.47 Å². The number of halogens is 3. The van der Waals surface area contributed by atoms with Crippen LogP contribution in [-0.2, 0) is 20.5 Å². The number of Topliss-reactive ketones (excluding diaryl/α,β-unsaturated/α-hetero) is 1. The van der Waals surface area contributed by atoms with E-state index in [1.807, 2.05) is 0 Å². The highest BCUT2D eigenvalue weighted by molar-refractivity contribution is 6.01. The van der Waals surface area contributed by atoms with Crippen molar-refractivity contribution in [3.05, 3.63) is 95.6 Å². The molecule has 1 amide bonds. The van der Waals surface area contributed by atoms with Crippen LogP contribution in [0.1, 0.15) is 40.4 Å². The molecule has 0 aliphatic rings. The summed E-state index contributed by atoms with van der Waals surface area (Å²) in [6.45, 7) is 0. The molecule has 0 spiro atoms. The molecule has 182 valence electrons. The Morgan fingerprint density at radius 2 is 1.49 bits per heavy atom. The van der Waals surface area contributed by atoms with E-state index in [1.165, 1.54) is 31.4 Å². The number of methoxy groups -OCH3 is 1. The number of esters is 1. The fourth-order valence-corrected chi connectivity index (χ4v) is 3.27. The van der Waals surface area contributed by atoms with Crippen LogP contribution >= 0.6 is 0 Å². The average Bonchev–Trinajstić information content (AvgIpc) is 2.86. The first-order valence-electron chi connectivity index (χ1n) is 10.6. The van der Waals surface area contributed by atoms with Crippen molar-refractivity contribution in [1.29, 1.82) is 0 Å². The second-order valence-corrected chi connectivity index (χ2v) is 7.46. The zero-order chi connectivity index (χ0) is 25.4. The average molecular weight is 485 g/mol. The van der Waals surface area contributed by atoms with E-state index in [-0.39, 0.29) is 5.56 Å². The third kappa shape index (κ3) is 6.92. The summed E-state index contributed by atoms with van der Waals surface area (Å²) in [5, 5.41) is 2.17. The van der Waals surface area contributed by atoms with Crippen LogP contribution in [0, 0.1) is 0 Å². The lowest BCUT2D eigenvalue weighted by molar-refractivity contribution is -0.148. The van der Waals surface area contributed by atoms with Gasteiger partial charge in [0.25, 0.3) is 0 Å². The number of carbonyl (C=O) groups is 3. The van der Waals surface area contributed by atoms with Gasteiger partial charge >= 0.3 is 12.1 Å². The van der Waals surface area contributed by atoms with E-state index in [2.05, 4.69) is 5.32 Å². The predicted molar refractivity (Wildman–Crippen MR) is 122 cm³/mol. The zero-order valence-corrected chi connectivity index (χ0v) is 18.7. The number of ether oxygens (including phenoxy) is 2. The van der Waals surface area contributed by atoms with Crippen LogP contribution < -0.4 is 10.1 Å². The summed E-state index contributed by atoms with van der Waals surface area (Å²) in [6.07, 6.45) is -6.76. The van der Waals surface area contributed by atoms with Crippen LogP contribution in [-0.4, -0.2) is 24.8 Å². The molecule has 0 unspecified atom stereocenters. The highest BCUT2D eigenvalue weighted by atomic mass is 19.4. The van der Waals surface area contributed by atoms with Gasteiger partial charge in [0, 0.05) is 17.5 Å². The van der Waals surface area contributed by atoms with Crippen molar-refractivity contribution < 1.29 is 37.0 Å². The Hall–Kier alpha value is -4.14. The summed E-state index contributed by atoms with van der Waals surface area (Å²) in [4.78, 5) is 37.8. The molecule has 0 aliphatic carbocycles. The van der Waals surface area contributed by atoms with Crippen molar-refractivity contribution in [2.45, 2.75) is 25.1 Å². The molecule has 0 radical (unpaired) electrons. The van der Waals surface area contributed by atoms with Crippen LogP contribution in [0.2, 0.25) is 0 Å². The number of hydrogen-bond donors (Lipinski definition) is 1. The second kappa shape index (κ2) is 11.3. The molecule has 6 nitrogen and oxygen atoms in total. The SMILES string of the molecule is COc1ccc(C(=O)[C@@H](OC(=O)CCC(=O)Nc2ccccc2C(F)(F)F)c2ccccc2)cc1. The molecule has 0 saturated carbocycles. The summed E-state index contributed by atoms with van der Waals surface area (Å²) in [5.74, 6) is -1.57. The minimum Gasteiger partial charge on any atom is -0.497 e. The van der Waals surface area contributed by atoms with E-state index >= 15 is 0 Å². The van der Waals surface area contributed by atoms with Gasteiger partial charge in [0.2, 0.25) is 11.7 Å². The number of anilines is 1. The number of benzene rings is 3. The highest BCUT2D eigenvalue weighted by Gasteiger charge is 2.33. The largest absolute Gasteiger partial charge is 0.497 e. The number of ketones is 1. The topological polar surface area (TPSA) is 81.7 Å². The first-order chi connectivity index (χ1) is 16.7. The minimum absolute atomic E-state index is 0.286. The Kier molecular flexibility index (Phi) is 8.25. The van der Waals surface area contributed by atoms with Crippen LogP contribution in [0.5, 0.6) is 5.75 Å². The molecule has 3 rings (SSSR count). The molecule has 3 aromatic rings. The van der Waals surface area contributed by atoms with Crippen LogP contribution in [0.25, 0.3) is 0 Å². The summed E-state index contributed by atoms with van der Waals surface area (Å²) >= 11 is 0. The normalized spacial score (nSPS) is 11.9. The quantitative estimate of drug-likeness (QED) is 0.315. The third-order valence-electron chi connectivity index (χ3n) is 5.03. The van der Waals surface area contributed by atoms with Crippen molar-refractivity contribution in [1.82, 2.24) is 0 Å². The highest BCUT2D eigenvalue weighted by Crippen LogP contribution is 2.34. The molecular formula is C26H22F3NO5. The maximum Gasteiger partial charge on any atom is 0.418 e. The van der Waals surface area contributed by atoms with E-state index in [9.17, 15) is 27.6 Å². The molecule has 1 N–H and O–H groups in total. The molecule has 1 atom stereocenters. The molecule has 0 bridgehead atoms. The number of carbonyl (C=O) groups excluding carboxylic acids is 3. The molecule has 0 aromatic heterocycles. The van der Waals surface area contributed by atoms with Gasteiger partial charge < -0.3 is 14.8 Å². The van der Waals surface area contributed by atoms with Crippen molar-refractivity contribution in [3.63, 3.8) is 0 Å². The number of nitrogens with one attached hydrogen (secondary N) is 1. The zero-order valence-electron chi connectivity index (χ0n) is 18.7. The fourth-order valence-electron chi connectivity index (χ4n) is 3.27. The third-order valence-corrected chi connectivity index (χ3v) is 5.03. The molecule has 0 aliphatic heterocycles. The van der Waals surface area contributed by atoms with E-state index < -0.39 is 54.0 Å². The summed E-state index contributed by atoms with van der Waals surface area (Å²) < 4.78 is 49.8. The van der Waals surface area contributed by atoms with Gasteiger partial charge in [-0.1, -0.05) is 42.5 Å². The van der Waals surface area contributed by atoms with Crippen LogP contribution in [0.3, 0.4) is 0 Å². The fraction of sp³-hybridized carbons (Fsp3) is 0.192. The van der Waals surface area contributed by atoms with Gasteiger partial charge in [0.05, 0.1) is 24.8 Å². The first kappa shape index (κ1) is 25.5. The van der Waals surface area contributed by atoms with Gasteiger partial charge in [-0.3, -0.25) is 14.4 Å². The van der Waals surface area contributed by atoms with Crippen LogP contribution in [0.15, 0.2) is 78.9 Å². The minimum atomic E-state index is -4.65. The first-order valence-corrected chi connectivity index (χ1v) is 10.6. The molecule has 35 heavy (non-hydrogen) atoms. The maximum absolute atomic E-state index is 13.1. The number of hydrogen-bond acceptors (Lipinski definition) is 5. The molecule has 3 aromatic carbocycles. The monoisotopic (exact) mass is 485 g/mol. The van der Waals surface area contributed by atoms with Gasteiger partial charge in [-0.2, -0.15) is 13.2 Å². The molecule has 9 heteroatoms. The van der Waals surface area contributed by atoms with Crippen LogP contribution in [0.4, 0.5) is 18.9 Å². The number of para-hydroxylation sites is 1. The number of alkyl halides is 3. The van der Waals surface area contributed by atoms with Gasteiger partial charge in [-0.05, 0) is 36.4 Å². The molecule has 0 heterocycles. The molecule has 0 saturated heterocycles. The Morgan fingerprint density at radius 3 is 2.11 bits per heavy atom. The lowest BCUT2D eigenvalue weighted by Crippen LogP contribution is -2.22. The van der Waals surface area contributed by atoms with Gasteiger partial charge in [-0.15, -0.1) is 0 Å². The lowest BCUT2D eigenvalue weighted by atomic mass is 9.99. The number of rotatable bonds is 9. The summed E-state index contributed by atoms with van der Waals surface area (Å²) in [5.41, 5.74) is -0.681. The Balaban J connectivity index is 1.67. The lowest BCUT2D eigenvalue weighted by Gasteiger charge is -2.18. The van der Waals surface area contributed by atoms with Crippen molar-refractivity contribution >= 4 is 23.3 Å². The van der Waals surface area contributed by atoms with Gasteiger partial charge in [-0.25, -0.2) is 0 Å². The standard InChI is InChI=1S/C26H22F3NO5/c1-34-19-13-11-17(12-14-19)24(33)25(18-7-3-2-4-8-18)35-23(32)16-15-22(31)30-21-10-6-5-9-20(21)26(27,28)29/h2-14,25H,15-16H2,1H3,(H,30,31)/t25-/m0/s1. The van der Waals surface area contributed by atoms with E-state index in [1.54, 1.807) is 42.5 Å². The Bertz CT molecular complexity index is 1180. The Morgan fingerprint density at radius 1 is 0.857 bits per heavy atom. The maximum atomic E-state index is 13.1. The van der Waals surface area contributed by atoms with E-state index in [0.29, 0.717) is 11.3 Å². The molecule has 0 fully saturated rings. The van der Waals surface area contributed by atoms with Gasteiger partial charge in [0.15, 0.2) is 6.10 Å². The number of amides is 1. The smallest absolute Gasteiger partial charge is 0.418 e. The van der Waals surface area contributed by atoms with E-state index in [0.717, 1.165) is 12.1 Å². The predicted octanol–water partition coefficient (Wildman–Crippen LogP) is 5.60. The summed E-state index contributed by atoms with van der Waals surface area (Å²) in [7, 11) is 1.49. The van der Waals surface area contributed by atoms with Crippen molar-refractivity contribution in [2.75, 3.05) is 12.4 Å². The van der Waals surface area contributed by atoms with Crippen molar-refractivity contribution in [2.24, 2.45) is 0 Å². The summed E-state index contributed by atoms with van der Waals surface area (Å²) in [6, 6.07) is 19.2. The van der Waals surface area contributed by atoms with Gasteiger partial charge in [0.1, 0.15) is 5.75 Å².